The van der Waals surface area contributed by atoms with E-state index in [0.717, 1.165) is 0 Å². The molecule has 2 aliphatic heterocycles. The number of amidine groups is 1. The maximum atomic E-state index is 14.0. The minimum Gasteiger partial charge on any atom is -0.355 e. The van der Waals surface area contributed by atoms with E-state index in [-0.39, 0.29) is 22.9 Å². The average Bonchev–Trinajstić information content (AvgIpc) is 3.04. The lowest BCUT2D eigenvalue weighted by Crippen LogP contribution is -2.46. The minimum absolute atomic E-state index is 0.112. The number of halogens is 1. The van der Waals surface area contributed by atoms with Gasteiger partial charge in [0.25, 0.3) is 10.0 Å². The molecule has 154 valence electrons. The third kappa shape index (κ3) is 3.66. The second-order valence-corrected chi connectivity index (χ2v) is 8.84. The van der Waals surface area contributed by atoms with E-state index in [2.05, 4.69) is 9.71 Å². The van der Waals surface area contributed by atoms with Gasteiger partial charge in [-0.1, -0.05) is 30.3 Å². The van der Waals surface area contributed by atoms with Crippen LogP contribution in [-0.4, -0.2) is 38.2 Å². The first-order valence-corrected chi connectivity index (χ1v) is 11.0. The lowest BCUT2D eigenvalue weighted by atomic mass is 9.95. The molecule has 2 atom stereocenters. The van der Waals surface area contributed by atoms with Gasteiger partial charge in [-0.05, 0) is 31.0 Å². The molecule has 0 aliphatic carbocycles. The molecular formula is C21H19FN4O3S. The molecule has 1 fully saturated rings. The molecule has 2 aromatic rings. The SMILES string of the molecule is N#CC(NC(=O)C1CCCN(C2=NS(=O)(=O)c3ccccc32)C1)c1ccccc1F. The van der Waals surface area contributed by atoms with E-state index in [9.17, 15) is 22.9 Å². The van der Waals surface area contributed by atoms with Crippen molar-refractivity contribution in [2.24, 2.45) is 10.3 Å². The van der Waals surface area contributed by atoms with Gasteiger partial charge in [0.15, 0.2) is 5.84 Å². The zero-order valence-corrected chi connectivity index (χ0v) is 16.8. The number of carbonyl (C=O) groups excluding carboxylic acids is 1. The van der Waals surface area contributed by atoms with Gasteiger partial charge in [0.05, 0.1) is 12.0 Å². The molecule has 7 nitrogen and oxygen atoms in total. The van der Waals surface area contributed by atoms with Crippen molar-refractivity contribution in [3.05, 3.63) is 65.5 Å². The molecule has 1 saturated heterocycles. The first-order valence-electron chi connectivity index (χ1n) is 9.54. The number of hydrogen-bond donors (Lipinski definition) is 1. The molecule has 1 N–H and O–H groups in total. The van der Waals surface area contributed by atoms with Crippen molar-refractivity contribution in [3.8, 4) is 6.07 Å². The molecule has 0 spiro atoms. The Morgan fingerprint density at radius 1 is 1.23 bits per heavy atom. The maximum absolute atomic E-state index is 14.0. The van der Waals surface area contributed by atoms with Gasteiger partial charge in [-0.2, -0.15) is 13.7 Å². The summed E-state index contributed by atoms with van der Waals surface area (Å²) in [7, 11) is -3.74. The number of hydrogen-bond acceptors (Lipinski definition) is 5. The number of likely N-dealkylation sites (tertiary alicyclic amines) is 1. The Bertz CT molecular complexity index is 1170. The quantitative estimate of drug-likeness (QED) is 0.812. The summed E-state index contributed by atoms with van der Waals surface area (Å²) in [5.41, 5.74) is 0.640. The summed E-state index contributed by atoms with van der Waals surface area (Å²) in [6.07, 6.45) is 1.25. The van der Waals surface area contributed by atoms with Crippen molar-refractivity contribution < 1.29 is 17.6 Å². The molecule has 4 rings (SSSR count). The molecule has 2 aromatic carbocycles. The molecular weight excluding hydrogens is 407 g/mol. The van der Waals surface area contributed by atoms with Gasteiger partial charge in [-0.3, -0.25) is 4.79 Å². The highest BCUT2D eigenvalue weighted by atomic mass is 32.2. The number of nitriles is 1. The lowest BCUT2D eigenvalue weighted by Gasteiger charge is -2.33. The first-order chi connectivity index (χ1) is 14.4. The Hall–Kier alpha value is -3.25. The zero-order chi connectivity index (χ0) is 21.3. The zero-order valence-electron chi connectivity index (χ0n) is 16.0. The fourth-order valence-corrected chi connectivity index (χ4v) is 5.08. The number of rotatable bonds is 3. The topological polar surface area (TPSA) is 103 Å². The van der Waals surface area contributed by atoms with Crippen LogP contribution in [0.2, 0.25) is 0 Å². The van der Waals surface area contributed by atoms with E-state index in [0.29, 0.717) is 30.8 Å². The summed E-state index contributed by atoms with van der Waals surface area (Å²) in [4.78, 5) is 14.8. The smallest absolute Gasteiger partial charge is 0.285 e. The average molecular weight is 426 g/mol. The second-order valence-electron chi connectivity index (χ2n) is 7.26. The van der Waals surface area contributed by atoms with Crippen LogP contribution in [0.1, 0.15) is 30.0 Å². The van der Waals surface area contributed by atoms with Crippen LogP contribution in [0.3, 0.4) is 0 Å². The number of nitrogens with zero attached hydrogens (tertiary/aromatic N) is 3. The van der Waals surface area contributed by atoms with Gasteiger partial charge < -0.3 is 10.2 Å². The summed E-state index contributed by atoms with van der Waals surface area (Å²) in [5.74, 6) is -1.06. The first kappa shape index (κ1) is 20.0. The molecule has 0 aromatic heterocycles. The molecule has 2 aliphatic rings. The van der Waals surface area contributed by atoms with Crippen LogP contribution in [0.25, 0.3) is 0 Å². The lowest BCUT2D eigenvalue weighted by molar-refractivity contribution is -0.126. The summed E-state index contributed by atoms with van der Waals surface area (Å²) >= 11 is 0. The van der Waals surface area contributed by atoms with E-state index in [1.165, 1.54) is 24.3 Å². The fraction of sp³-hybridized carbons (Fsp3) is 0.286. The van der Waals surface area contributed by atoms with Crippen molar-refractivity contribution in [2.45, 2.75) is 23.8 Å². The molecule has 0 bridgehead atoms. The van der Waals surface area contributed by atoms with Crippen LogP contribution in [0.4, 0.5) is 4.39 Å². The highest BCUT2D eigenvalue weighted by molar-refractivity contribution is 7.90. The summed E-state index contributed by atoms with van der Waals surface area (Å²) in [5, 5.41) is 12.0. The highest BCUT2D eigenvalue weighted by Gasteiger charge is 2.35. The van der Waals surface area contributed by atoms with Gasteiger partial charge in [-0.25, -0.2) is 4.39 Å². The standard InChI is InChI=1S/C21H19FN4O3S/c22-17-9-3-1-7-15(17)18(12-23)24-21(27)14-6-5-11-26(13-14)20-16-8-2-4-10-19(16)30(28,29)25-20/h1-4,7-10,14,18H,5-6,11,13H2,(H,24,27). The monoisotopic (exact) mass is 426 g/mol. The van der Waals surface area contributed by atoms with E-state index in [1.54, 1.807) is 29.2 Å². The summed E-state index contributed by atoms with van der Waals surface area (Å²) in [6, 6.07) is 13.3. The molecule has 0 radical (unpaired) electrons. The fourth-order valence-electron chi connectivity index (χ4n) is 3.85. The number of sulfonamides is 1. The van der Waals surface area contributed by atoms with Gasteiger partial charge in [0.2, 0.25) is 5.91 Å². The molecule has 2 heterocycles. The maximum Gasteiger partial charge on any atom is 0.285 e. The number of nitrogens with one attached hydrogen (secondary N) is 1. The van der Waals surface area contributed by atoms with Gasteiger partial charge >= 0.3 is 0 Å². The molecule has 1 amide bonds. The van der Waals surface area contributed by atoms with E-state index in [1.807, 2.05) is 6.07 Å². The predicted octanol–water partition coefficient (Wildman–Crippen LogP) is 2.37. The third-order valence-electron chi connectivity index (χ3n) is 5.34. The van der Waals surface area contributed by atoms with Gasteiger partial charge in [0.1, 0.15) is 16.8 Å². The number of benzene rings is 2. The molecule has 30 heavy (non-hydrogen) atoms. The summed E-state index contributed by atoms with van der Waals surface area (Å²) < 4.78 is 42.6. The van der Waals surface area contributed by atoms with E-state index >= 15 is 0 Å². The van der Waals surface area contributed by atoms with Crippen LogP contribution < -0.4 is 5.32 Å². The molecule has 9 heteroatoms. The van der Waals surface area contributed by atoms with Gasteiger partial charge in [0, 0.05) is 24.2 Å². The molecule has 2 unspecified atom stereocenters. The van der Waals surface area contributed by atoms with Crippen LogP contribution in [0, 0.1) is 23.1 Å². The van der Waals surface area contributed by atoms with Crippen molar-refractivity contribution in [1.29, 1.82) is 5.26 Å². The van der Waals surface area contributed by atoms with Crippen molar-refractivity contribution >= 4 is 21.8 Å². The van der Waals surface area contributed by atoms with Crippen LogP contribution in [0.15, 0.2) is 57.8 Å². The van der Waals surface area contributed by atoms with Gasteiger partial charge in [-0.15, -0.1) is 4.40 Å². The normalized spacial score (nSPS) is 20.6. The second kappa shape index (κ2) is 7.88. The summed E-state index contributed by atoms with van der Waals surface area (Å²) in [6.45, 7) is 0.839. The Balaban J connectivity index is 1.52. The van der Waals surface area contributed by atoms with Crippen molar-refractivity contribution in [3.63, 3.8) is 0 Å². The largest absolute Gasteiger partial charge is 0.355 e. The Morgan fingerprint density at radius 2 is 1.97 bits per heavy atom. The number of carbonyl (C=O) groups is 1. The Morgan fingerprint density at radius 3 is 2.73 bits per heavy atom. The Labute approximate surface area is 173 Å². The van der Waals surface area contributed by atoms with Crippen LogP contribution >= 0.6 is 0 Å². The van der Waals surface area contributed by atoms with E-state index in [4.69, 9.17) is 0 Å². The third-order valence-corrected chi connectivity index (χ3v) is 6.66. The predicted molar refractivity (Wildman–Crippen MR) is 107 cm³/mol. The molecule has 0 saturated carbocycles. The van der Waals surface area contributed by atoms with Crippen LogP contribution in [-0.2, 0) is 14.8 Å². The van der Waals surface area contributed by atoms with Crippen molar-refractivity contribution in [1.82, 2.24) is 10.2 Å². The van der Waals surface area contributed by atoms with Crippen LogP contribution in [0.5, 0.6) is 0 Å². The Kier molecular flexibility index (Phi) is 5.26. The number of fused-ring (bicyclic) bond motifs is 1. The number of amides is 1. The highest BCUT2D eigenvalue weighted by Crippen LogP contribution is 2.30. The van der Waals surface area contributed by atoms with E-state index < -0.39 is 27.8 Å². The van der Waals surface area contributed by atoms with Crippen molar-refractivity contribution in [2.75, 3.05) is 13.1 Å². The minimum atomic E-state index is -3.74. The number of piperidine rings is 1.